The highest BCUT2D eigenvalue weighted by Gasteiger charge is 2.19. The van der Waals surface area contributed by atoms with Crippen molar-refractivity contribution in [2.24, 2.45) is 0 Å². The van der Waals surface area contributed by atoms with E-state index in [9.17, 15) is 23.9 Å². The van der Waals surface area contributed by atoms with E-state index in [1.54, 1.807) is 30.3 Å². The van der Waals surface area contributed by atoms with Crippen molar-refractivity contribution in [1.82, 2.24) is 5.32 Å². The van der Waals surface area contributed by atoms with Gasteiger partial charge in [0.2, 0.25) is 0 Å². The molecule has 9 heteroatoms. The molecule has 3 aromatic carbocycles. The standard InChI is InChI=1S/C24H18ClFN2O5/c1-33-21-11-10-15(24(31)32)12-19(21)27-23(30)20(13-16-17(25)8-5-9-18(16)26)28-22(29)14-6-3-2-4-7-14/h2-13H,1H3,(H,27,30)(H,28,29)(H,31,32)/b20-13-. The Hall–Kier alpha value is -4.17. The molecule has 0 aliphatic rings. The van der Waals surface area contributed by atoms with Gasteiger partial charge < -0.3 is 20.5 Å². The van der Waals surface area contributed by atoms with Crippen LogP contribution in [0.1, 0.15) is 26.3 Å². The molecule has 3 N–H and O–H groups in total. The lowest BCUT2D eigenvalue weighted by Gasteiger charge is -2.14. The molecule has 0 radical (unpaired) electrons. The molecule has 0 unspecified atom stereocenters. The van der Waals surface area contributed by atoms with E-state index in [4.69, 9.17) is 16.3 Å². The van der Waals surface area contributed by atoms with Crippen LogP contribution in [0.2, 0.25) is 5.02 Å². The molecular formula is C24H18ClFN2O5. The predicted octanol–water partition coefficient (Wildman–Crippen LogP) is 4.60. The zero-order chi connectivity index (χ0) is 24.0. The highest BCUT2D eigenvalue weighted by Crippen LogP contribution is 2.27. The number of rotatable bonds is 7. The van der Waals surface area contributed by atoms with E-state index < -0.39 is 23.6 Å². The summed E-state index contributed by atoms with van der Waals surface area (Å²) in [5.74, 6) is -3.19. The molecule has 0 aliphatic heterocycles. The summed E-state index contributed by atoms with van der Waals surface area (Å²) in [5.41, 5.74) is -0.215. The summed E-state index contributed by atoms with van der Waals surface area (Å²) in [6, 6.07) is 16.0. The van der Waals surface area contributed by atoms with Gasteiger partial charge in [-0.05, 0) is 48.5 Å². The van der Waals surface area contributed by atoms with Gasteiger partial charge in [-0.2, -0.15) is 0 Å². The maximum Gasteiger partial charge on any atom is 0.335 e. The van der Waals surface area contributed by atoms with Crippen LogP contribution in [0.5, 0.6) is 5.75 Å². The molecule has 7 nitrogen and oxygen atoms in total. The summed E-state index contributed by atoms with van der Waals surface area (Å²) in [6.07, 6.45) is 1.10. The SMILES string of the molecule is COc1ccc(C(=O)O)cc1NC(=O)/C(=C/c1c(F)cccc1Cl)NC(=O)c1ccccc1. The van der Waals surface area contributed by atoms with Crippen LogP contribution in [0.25, 0.3) is 6.08 Å². The Bertz CT molecular complexity index is 1220. The largest absolute Gasteiger partial charge is 0.495 e. The van der Waals surface area contributed by atoms with Crippen LogP contribution in [-0.4, -0.2) is 30.0 Å². The number of anilines is 1. The summed E-state index contributed by atoms with van der Waals surface area (Å²) in [6.45, 7) is 0. The Morgan fingerprint density at radius 3 is 2.36 bits per heavy atom. The maximum atomic E-state index is 14.4. The van der Waals surface area contributed by atoms with E-state index in [0.717, 1.165) is 12.1 Å². The molecule has 2 amide bonds. The van der Waals surface area contributed by atoms with Crippen molar-refractivity contribution in [2.45, 2.75) is 0 Å². The molecule has 0 atom stereocenters. The average molecular weight is 469 g/mol. The van der Waals surface area contributed by atoms with Crippen molar-refractivity contribution in [3.63, 3.8) is 0 Å². The summed E-state index contributed by atoms with van der Waals surface area (Å²) in [5, 5.41) is 14.2. The van der Waals surface area contributed by atoms with Gasteiger partial charge >= 0.3 is 5.97 Å². The second-order valence-electron chi connectivity index (χ2n) is 6.69. The topological polar surface area (TPSA) is 105 Å². The third-order valence-corrected chi connectivity index (χ3v) is 4.84. The van der Waals surface area contributed by atoms with Crippen molar-refractivity contribution in [1.29, 1.82) is 0 Å². The van der Waals surface area contributed by atoms with Gasteiger partial charge in [0.15, 0.2) is 0 Å². The van der Waals surface area contributed by atoms with Crippen LogP contribution >= 0.6 is 11.6 Å². The second kappa shape index (κ2) is 10.4. The van der Waals surface area contributed by atoms with E-state index in [1.165, 1.54) is 37.4 Å². The number of carbonyl (C=O) groups excluding carboxylic acids is 2. The molecule has 33 heavy (non-hydrogen) atoms. The van der Waals surface area contributed by atoms with Crippen molar-refractivity contribution >= 4 is 41.1 Å². The number of carbonyl (C=O) groups is 3. The predicted molar refractivity (Wildman–Crippen MR) is 122 cm³/mol. The average Bonchev–Trinajstić information content (AvgIpc) is 2.81. The number of ether oxygens (including phenoxy) is 1. The molecule has 0 saturated heterocycles. The van der Waals surface area contributed by atoms with E-state index in [-0.39, 0.29) is 38.8 Å². The monoisotopic (exact) mass is 468 g/mol. The van der Waals surface area contributed by atoms with Crippen LogP contribution < -0.4 is 15.4 Å². The number of carboxylic acids is 1. The van der Waals surface area contributed by atoms with Crippen LogP contribution in [0.3, 0.4) is 0 Å². The number of methoxy groups -OCH3 is 1. The van der Waals surface area contributed by atoms with Gasteiger partial charge in [0.1, 0.15) is 17.3 Å². The minimum Gasteiger partial charge on any atom is -0.495 e. The number of hydrogen-bond donors (Lipinski definition) is 3. The molecule has 0 saturated carbocycles. The molecule has 0 spiro atoms. The molecule has 0 aliphatic carbocycles. The van der Waals surface area contributed by atoms with Crippen LogP contribution in [0.4, 0.5) is 10.1 Å². The normalized spacial score (nSPS) is 10.9. The van der Waals surface area contributed by atoms with Crippen LogP contribution in [0.15, 0.2) is 72.4 Å². The van der Waals surface area contributed by atoms with Gasteiger partial charge in [-0.15, -0.1) is 0 Å². The second-order valence-corrected chi connectivity index (χ2v) is 7.10. The highest BCUT2D eigenvalue weighted by molar-refractivity contribution is 6.32. The third-order valence-electron chi connectivity index (χ3n) is 4.51. The fourth-order valence-corrected chi connectivity index (χ4v) is 3.08. The first kappa shape index (κ1) is 23.5. The molecular weight excluding hydrogens is 451 g/mol. The first-order chi connectivity index (χ1) is 15.8. The lowest BCUT2D eigenvalue weighted by molar-refractivity contribution is -0.113. The maximum absolute atomic E-state index is 14.4. The van der Waals surface area contributed by atoms with Gasteiger partial charge in [-0.3, -0.25) is 9.59 Å². The number of nitrogens with one attached hydrogen (secondary N) is 2. The van der Waals surface area contributed by atoms with Crippen molar-refractivity contribution in [3.05, 3.63) is 100.0 Å². The van der Waals surface area contributed by atoms with Gasteiger partial charge in [-0.25, -0.2) is 9.18 Å². The third kappa shape index (κ3) is 5.75. The van der Waals surface area contributed by atoms with Crippen molar-refractivity contribution in [3.8, 4) is 5.75 Å². The first-order valence-electron chi connectivity index (χ1n) is 9.55. The minimum absolute atomic E-state index is 0.0275. The molecule has 0 bridgehead atoms. The fourth-order valence-electron chi connectivity index (χ4n) is 2.86. The number of carboxylic acid groups (broad SMARTS) is 1. The van der Waals surface area contributed by atoms with Crippen LogP contribution in [0, 0.1) is 5.82 Å². The summed E-state index contributed by atoms with van der Waals surface area (Å²) >= 11 is 6.08. The van der Waals surface area contributed by atoms with Crippen molar-refractivity contribution in [2.75, 3.05) is 12.4 Å². The Morgan fingerprint density at radius 1 is 1.00 bits per heavy atom. The van der Waals surface area contributed by atoms with E-state index in [0.29, 0.717) is 0 Å². The van der Waals surface area contributed by atoms with Gasteiger partial charge in [-0.1, -0.05) is 35.9 Å². The Morgan fingerprint density at radius 2 is 1.73 bits per heavy atom. The Kier molecular flexibility index (Phi) is 7.42. The number of benzene rings is 3. The van der Waals surface area contributed by atoms with E-state index in [2.05, 4.69) is 10.6 Å². The van der Waals surface area contributed by atoms with Gasteiger partial charge in [0, 0.05) is 11.1 Å². The van der Waals surface area contributed by atoms with Gasteiger partial charge in [0.25, 0.3) is 11.8 Å². The number of aromatic carboxylic acids is 1. The number of hydrogen-bond acceptors (Lipinski definition) is 4. The summed E-state index contributed by atoms with van der Waals surface area (Å²) in [4.78, 5) is 37.1. The molecule has 0 fully saturated rings. The lowest BCUT2D eigenvalue weighted by Crippen LogP contribution is -2.31. The zero-order valence-electron chi connectivity index (χ0n) is 17.3. The smallest absolute Gasteiger partial charge is 0.335 e. The molecule has 0 aromatic heterocycles. The lowest BCUT2D eigenvalue weighted by atomic mass is 10.1. The zero-order valence-corrected chi connectivity index (χ0v) is 18.0. The molecule has 0 heterocycles. The minimum atomic E-state index is -1.21. The molecule has 168 valence electrons. The van der Waals surface area contributed by atoms with E-state index >= 15 is 0 Å². The fraction of sp³-hybridized carbons (Fsp3) is 0.0417. The molecule has 3 rings (SSSR count). The summed E-state index contributed by atoms with van der Waals surface area (Å²) in [7, 11) is 1.35. The molecule has 3 aromatic rings. The van der Waals surface area contributed by atoms with Gasteiger partial charge in [0.05, 0.1) is 23.4 Å². The Labute approximate surface area is 193 Å². The quantitative estimate of drug-likeness (QED) is 0.440. The van der Waals surface area contributed by atoms with Crippen LogP contribution in [-0.2, 0) is 4.79 Å². The summed E-state index contributed by atoms with van der Waals surface area (Å²) < 4.78 is 19.5. The number of halogens is 2. The van der Waals surface area contributed by atoms with E-state index in [1.807, 2.05) is 0 Å². The number of amides is 2. The highest BCUT2D eigenvalue weighted by atomic mass is 35.5. The van der Waals surface area contributed by atoms with Crippen molar-refractivity contribution < 1.29 is 28.6 Å². The Balaban J connectivity index is 2.01. The first-order valence-corrected chi connectivity index (χ1v) is 9.92.